The van der Waals surface area contributed by atoms with Gasteiger partial charge in [-0.05, 0) is 42.3 Å². The minimum Gasteiger partial charge on any atom is -0.497 e. The second-order valence-corrected chi connectivity index (χ2v) is 6.00. The number of urea groups is 1. The predicted molar refractivity (Wildman–Crippen MR) is 93.2 cm³/mol. The van der Waals surface area contributed by atoms with Gasteiger partial charge in [0.15, 0.2) is 0 Å². The molecule has 1 atom stereocenters. The number of amides is 2. The number of carbonyl (C=O) groups excluding carboxylic acids is 1. The minimum absolute atomic E-state index is 0.0556. The maximum atomic E-state index is 13.6. The van der Waals surface area contributed by atoms with Crippen LogP contribution >= 0.6 is 23.2 Å². The molecule has 0 aliphatic heterocycles. The highest BCUT2D eigenvalue weighted by atomic mass is 35.5. The van der Waals surface area contributed by atoms with Gasteiger partial charge in [-0.1, -0.05) is 35.3 Å². The van der Waals surface area contributed by atoms with Crippen molar-refractivity contribution in [3.05, 3.63) is 63.4 Å². The number of hydrogen-bond acceptors (Lipinski definition) is 2. The molecule has 0 radical (unpaired) electrons. The van der Waals surface area contributed by atoms with Crippen LogP contribution in [0.3, 0.4) is 0 Å². The lowest BCUT2D eigenvalue weighted by atomic mass is 10.1. The van der Waals surface area contributed by atoms with Crippen LogP contribution in [-0.2, 0) is 6.54 Å². The zero-order valence-electron chi connectivity index (χ0n) is 13.2. The van der Waals surface area contributed by atoms with Crippen LogP contribution in [0.25, 0.3) is 0 Å². The fraction of sp³-hybridized carbons (Fsp3) is 0.235. The van der Waals surface area contributed by atoms with Crippen LogP contribution in [0.2, 0.25) is 10.0 Å². The number of rotatable bonds is 5. The maximum absolute atomic E-state index is 13.6. The largest absolute Gasteiger partial charge is 0.497 e. The normalized spacial score (nSPS) is 11.7. The standard InChI is InChI=1S/C17H17Cl2FN2O2/c1-10(13-7-16(20)15(19)8-14(13)18)22-17(23)21-9-11-3-5-12(24-2)6-4-11/h3-8,10H,9H2,1-2H3,(H2,21,22,23). The van der Waals surface area contributed by atoms with Crippen molar-refractivity contribution in [1.82, 2.24) is 10.6 Å². The Hall–Kier alpha value is -1.98. The second-order valence-electron chi connectivity index (χ2n) is 5.18. The Balaban J connectivity index is 1.92. The maximum Gasteiger partial charge on any atom is 0.315 e. The van der Waals surface area contributed by atoms with Gasteiger partial charge in [0.25, 0.3) is 0 Å². The molecule has 0 heterocycles. The first-order valence-electron chi connectivity index (χ1n) is 7.22. The molecule has 0 spiro atoms. The summed E-state index contributed by atoms with van der Waals surface area (Å²) in [5, 5.41) is 5.68. The van der Waals surface area contributed by atoms with Crippen LogP contribution in [0.1, 0.15) is 24.1 Å². The van der Waals surface area contributed by atoms with Gasteiger partial charge < -0.3 is 15.4 Å². The first kappa shape index (κ1) is 18.4. The number of benzene rings is 2. The van der Waals surface area contributed by atoms with Crippen molar-refractivity contribution < 1.29 is 13.9 Å². The Bertz CT molecular complexity index is 723. The van der Waals surface area contributed by atoms with Gasteiger partial charge in [-0.2, -0.15) is 0 Å². The SMILES string of the molecule is COc1ccc(CNC(=O)NC(C)c2cc(F)c(Cl)cc2Cl)cc1. The number of nitrogens with one attached hydrogen (secondary N) is 2. The third kappa shape index (κ3) is 4.76. The second kappa shape index (κ2) is 8.22. The van der Waals surface area contributed by atoms with E-state index in [1.54, 1.807) is 14.0 Å². The fourth-order valence-corrected chi connectivity index (χ4v) is 2.67. The van der Waals surface area contributed by atoms with Gasteiger partial charge in [-0.15, -0.1) is 0 Å². The summed E-state index contributed by atoms with van der Waals surface area (Å²) >= 11 is 11.7. The predicted octanol–water partition coefficient (Wildman–Crippen LogP) is 4.70. The molecule has 1 unspecified atom stereocenters. The van der Waals surface area contributed by atoms with Crippen molar-refractivity contribution in [1.29, 1.82) is 0 Å². The fourth-order valence-electron chi connectivity index (χ4n) is 2.12. The van der Waals surface area contributed by atoms with Gasteiger partial charge in [-0.25, -0.2) is 9.18 Å². The lowest BCUT2D eigenvalue weighted by molar-refractivity contribution is 0.237. The van der Waals surface area contributed by atoms with E-state index in [-0.39, 0.29) is 11.1 Å². The molecule has 0 saturated heterocycles. The molecule has 0 aromatic heterocycles. The summed E-state index contributed by atoms with van der Waals surface area (Å²) < 4.78 is 18.6. The Morgan fingerprint density at radius 1 is 1.21 bits per heavy atom. The third-order valence-corrected chi connectivity index (χ3v) is 4.08. The quantitative estimate of drug-likeness (QED) is 0.749. The molecule has 0 bridgehead atoms. The van der Waals surface area contributed by atoms with Gasteiger partial charge in [0.1, 0.15) is 11.6 Å². The Morgan fingerprint density at radius 2 is 1.88 bits per heavy atom. The van der Waals surface area contributed by atoms with Gasteiger partial charge >= 0.3 is 6.03 Å². The molecule has 2 rings (SSSR count). The number of methoxy groups -OCH3 is 1. The van der Waals surface area contributed by atoms with E-state index in [0.29, 0.717) is 17.1 Å². The average Bonchev–Trinajstić information content (AvgIpc) is 2.56. The average molecular weight is 371 g/mol. The third-order valence-electron chi connectivity index (χ3n) is 3.47. The summed E-state index contributed by atoms with van der Waals surface area (Å²) in [6, 6.07) is 9.02. The molecule has 7 heteroatoms. The summed E-state index contributed by atoms with van der Waals surface area (Å²) in [7, 11) is 1.59. The summed E-state index contributed by atoms with van der Waals surface area (Å²) in [5.74, 6) is 0.166. The smallest absolute Gasteiger partial charge is 0.315 e. The zero-order chi connectivity index (χ0) is 17.7. The lowest BCUT2D eigenvalue weighted by Gasteiger charge is -2.17. The molecular weight excluding hydrogens is 354 g/mol. The van der Waals surface area contributed by atoms with Crippen LogP contribution in [0, 0.1) is 5.82 Å². The van der Waals surface area contributed by atoms with E-state index in [9.17, 15) is 9.18 Å². The van der Waals surface area contributed by atoms with E-state index >= 15 is 0 Å². The van der Waals surface area contributed by atoms with E-state index in [1.807, 2.05) is 24.3 Å². The number of hydrogen-bond donors (Lipinski definition) is 2. The molecule has 2 aromatic carbocycles. The van der Waals surface area contributed by atoms with Crippen molar-refractivity contribution >= 4 is 29.2 Å². The number of ether oxygens (including phenoxy) is 1. The van der Waals surface area contributed by atoms with Gasteiger partial charge in [0.05, 0.1) is 18.2 Å². The highest BCUT2D eigenvalue weighted by Gasteiger charge is 2.15. The summed E-state index contributed by atoms with van der Waals surface area (Å²) in [6.45, 7) is 2.06. The van der Waals surface area contributed by atoms with E-state index in [1.165, 1.54) is 12.1 Å². The number of carbonyl (C=O) groups is 1. The van der Waals surface area contributed by atoms with Crippen LogP contribution in [-0.4, -0.2) is 13.1 Å². The van der Waals surface area contributed by atoms with Crippen molar-refractivity contribution in [2.24, 2.45) is 0 Å². The van der Waals surface area contributed by atoms with Crippen LogP contribution in [0.15, 0.2) is 36.4 Å². The Morgan fingerprint density at radius 3 is 2.50 bits per heavy atom. The molecule has 0 aliphatic rings. The summed E-state index contributed by atoms with van der Waals surface area (Å²) in [5.41, 5.74) is 1.38. The van der Waals surface area contributed by atoms with Gasteiger partial charge in [-0.3, -0.25) is 0 Å². The van der Waals surface area contributed by atoms with Crippen molar-refractivity contribution in [2.45, 2.75) is 19.5 Å². The topological polar surface area (TPSA) is 50.4 Å². The zero-order valence-corrected chi connectivity index (χ0v) is 14.7. The van der Waals surface area contributed by atoms with E-state index in [0.717, 1.165) is 11.3 Å². The Kier molecular flexibility index (Phi) is 6.29. The number of halogens is 3. The van der Waals surface area contributed by atoms with Crippen molar-refractivity contribution in [3.63, 3.8) is 0 Å². The molecule has 0 fully saturated rings. The van der Waals surface area contributed by atoms with Crippen LogP contribution < -0.4 is 15.4 Å². The van der Waals surface area contributed by atoms with E-state index in [2.05, 4.69) is 10.6 Å². The molecule has 24 heavy (non-hydrogen) atoms. The molecule has 2 aromatic rings. The van der Waals surface area contributed by atoms with Crippen LogP contribution in [0.5, 0.6) is 5.75 Å². The van der Waals surface area contributed by atoms with Crippen molar-refractivity contribution in [2.75, 3.05) is 7.11 Å². The lowest BCUT2D eigenvalue weighted by Crippen LogP contribution is -2.36. The Labute approximate surface area is 149 Å². The summed E-state index contributed by atoms with van der Waals surface area (Å²) in [6.07, 6.45) is 0. The molecule has 2 N–H and O–H groups in total. The summed E-state index contributed by atoms with van der Waals surface area (Å²) in [4.78, 5) is 12.0. The highest BCUT2D eigenvalue weighted by molar-refractivity contribution is 6.35. The van der Waals surface area contributed by atoms with Gasteiger partial charge in [0.2, 0.25) is 0 Å². The van der Waals surface area contributed by atoms with Gasteiger partial charge in [0, 0.05) is 11.6 Å². The minimum atomic E-state index is -0.580. The van der Waals surface area contributed by atoms with Crippen LogP contribution in [0.4, 0.5) is 9.18 Å². The monoisotopic (exact) mass is 370 g/mol. The van der Waals surface area contributed by atoms with E-state index < -0.39 is 11.9 Å². The first-order valence-corrected chi connectivity index (χ1v) is 7.98. The molecule has 2 amide bonds. The molecule has 4 nitrogen and oxygen atoms in total. The van der Waals surface area contributed by atoms with E-state index in [4.69, 9.17) is 27.9 Å². The molecule has 0 saturated carbocycles. The first-order chi connectivity index (χ1) is 11.4. The van der Waals surface area contributed by atoms with Crippen molar-refractivity contribution in [3.8, 4) is 5.75 Å². The molecule has 128 valence electrons. The molecule has 0 aliphatic carbocycles. The molecular formula is C17H17Cl2FN2O2. The highest BCUT2D eigenvalue weighted by Crippen LogP contribution is 2.28.